The highest BCUT2D eigenvalue weighted by Crippen LogP contribution is 2.15. The Morgan fingerprint density at radius 2 is 1.94 bits per heavy atom. The van der Waals surface area contributed by atoms with Gasteiger partial charge in [-0.3, -0.25) is 4.79 Å². The third-order valence-electron chi connectivity index (χ3n) is 2.42. The van der Waals surface area contributed by atoms with Crippen molar-refractivity contribution in [3.63, 3.8) is 0 Å². The van der Waals surface area contributed by atoms with Crippen molar-refractivity contribution < 1.29 is 9.18 Å². The Balaban J connectivity index is 2.71. The van der Waals surface area contributed by atoms with E-state index in [0.29, 0.717) is 12.1 Å². The van der Waals surface area contributed by atoms with Crippen LogP contribution < -0.4 is 0 Å². The van der Waals surface area contributed by atoms with Gasteiger partial charge in [0.2, 0.25) is 0 Å². The predicted octanol–water partition coefficient (Wildman–Crippen LogP) is 1.75. The van der Waals surface area contributed by atoms with Gasteiger partial charge in [-0.15, -0.1) is 12.6 Å². The summed E-state index contributed by atoms with van der Waals surface area (Å²) < 4.78 is 13.0. The molecule has 94 valence electrons. The van der Waals surface area contributed by atoms with E-state index in [1.54, 1.807) is 11.9 Å². The third-order valence-corrected chi connectivity index (χ3v) is 2.77. The lowest BCUT2D eigenvalue weighted by atomic mass is 10.2. The summed E-state index contributed by atoms with van der Waals surface area (Å²) in [5.74, 6) is -0.539. The number of carbonyl (C=O) groups excluding carboxylic acids is 1. The molecular formula is C12H17FN2OS. The molecule has 0 aliphatic rings. The van der Waals surface area contributed by atoms with Crippen LogP contribution in [0.2, 0.25) is 0 Å². The van der Waals surface area contributed by atoms with Crippen LogP contribution in [0.4, 0.5) is 4.39 Å². The van der Waals surface area contributed by atoms with E-state index in [2.05, 4.69) is 12.6 Å². The van der Waals surface area contributed by atoms with Crippen LogP contribution in [0.1, 0.15) is 10.4 Å². The molecule has 0 spiro atoms. The third kappa shape index (κ3) is 4.02. The molecule has 0 aromatic heterocycles. The maximum Gasteiger partial charge on any atom is 0.253 e. The molecule has 17 heavy (non-hydrogen) atoms. The van der Waals surface area contributed by atoms with Crippen LogP contribution in [0.5, 0.6) is 0 Å². The number of rotatable bonds is 4. The Morgan fingerprint density at radius 1 is 1.29 bits per heavy atom. The summed E-state index contributed by atoms with van der Waals surface area (Å²) in [5, 5.41) is 0. The summed E-state index contributed by atoms with van der Waals surface area (Å²) in [6, 6.07) is 4.19. The van der Waals surface area contributed by atoms with E-state index in [1.165, 1.54) is 18.2 Å². The Bertz CT molecular complexity index is 409. The highest BCUT2D eigenvalue weighted by atomic mass is 32.1. The molecule has 1 rings (SSSR count). The van der Waals surface area contributed by atoms with Crippen LogP contribution in [-0.2, 0) is 0 Å². The van der Waals surface area contributed by atoms with Crippen molar-refractivity contribution >= 4 is 18.5 Å². The second-order valence-corrected chi connectivity index (χ2v) is 4.68. The average Bonchev–Trinajstić information content (AvgIpc) is 2.28. The molecule has 5 heteroatoms. The zero-order valence-electron chi connectivity index (χ0n) is 10.3. The second-order valence-electron chi connectivity index (χ2n) is 4.20. The molecule has 0 unspecified atom stereocenters. The van der Waals surface area contributed by atoms with Crippen LogP contribution in [0.3, 0.4) is 0 Å². The molecule has 0 saturated carbocycles. The van der Waals surface area contributed by atoms with Gasteiger partial charge in [0, 0.05) is 30.6 Å². The maximum atomic E-state index is 13.0. The molecule has 1 amide bonds. The highest BCUT2D eigenvalue weighted by molar-refractivity contribution is 7.80. The Hall–Kier alpha value is -1.07. The van der Waals surface area contributed by atoms with Gasteiger partial charge >= 0.3 is 0 Å². The molecule has 0 N–H and O–H groups in total. The molecule has 0 heterocycles. The molecule has 0 aliphatic heterocycles. The van der Waals surface area contributed by atoms with Gasteiger partial charge in [-0.25, -0.2) is 4.39 Å². The first kappa shape index (κ1) is 14.0. The lowest BCUT2D eigenvalue weighted by Crippen LogP contribution is -2.33. The minimum atomic E-state index is -0.416. The van der Waals surface area contributed by atoms with Gasteiger partial charge in [0.05, 0.1) is 0 Å². The fourth-order valence-corrected chi connectivity index (χ4v) is 1.53. The SMILES string of the molecule is CN(C)CCN(C)C(=O)c1ccc(F)c(S)c1. The van der Waals surface area contributed by atoms with Crippen molar-refractivity contribution in [3.8, 4) is 0 Å². The van der Waals surface area contributed by atoms with Gasteiger partial charge in [0.25, 0.3) is 5.91 Å². The van der Waals surface area contributed by atoms with E-state index in [0.717, 1.165) is 6.54 Å². The molecule has 0 atom stereocenters. The average molecular weight is 256 g/mol. The lowest BCUT2D eigenvalue weighted by molar-refractivity contribution is 0.0786. The maximum absolute atomic E-state index is 13.0. The summed E-state index contributed by atoms with van der Waals surface area (Å²) in [4.78, 5) is 15.8. The fourth-order valence-electron chi connectivity index (χ4n) is 1.32. The summed E-state index contributed by atoms with van der Waals surface area (Å²) in [6.45, 7) is 1.42. The molecule has 3 nitrogen and oxygen atoms in total. The smallest absolute Gasteiger partial charge is 0.253 e. The number of benzene rings is 1. The number of halogens is 1. The van der Waals surface area contributed by atoms with E-state index in [4.69, 9.17) is 0 Å². The van der Waals surface area contributed by atoms with Crippen molar-refractivity contribution in [1.82, 2.24) is 9.80 Å². The van der Waals surface area contributed by atoms with Crippen molar-refractivity contribution in [2.75, 3.05) is 34.2 Å². The first-order valence-corrected chi connectivity index (χ1v) is 5.75. The quantitative estimate of drug-likeness (QED) is 0.830. The van der Waals surface area contributed by atoms with E-state index < -0.39 is 5.82 Å². The van der Waals surface area contributed by atoms with Crippen molar-refractivity contribution in [3.05, 3.63) is 29.6 Å². The largest absolute Gasteiger partial charge is 0.340 e. The zero-order chi connectivity index (χ0) is 13.0. The van der Waals surface area contributed by atoms with Crippen LogP contribution in [0.15, 0.2) is 23.1 Å². The summed E-state index contributed by atoms with van der Waals surface area (Å²) >= 11 is 3.96. The Kier molecular flexibility index (Phi) is 4.96. The number of hydrogen-bond acceptors (Lipinski definition) is 3. The molecular weight excluding hydrogens is 239 g/mol. The summed E-state index contributed by atoms with van der Waals surface area (Å²) in [6.07, 6.45) is 0. The summed E-state index contributed by atoms with van der Waals surface area (Å²) in [7, 11) is 5.62. The topological polar surface area (TPSA) is 23.6 Å². The zero-order valence-corrected chi connectivity index (χ0v) is 11.2. The number of amides is 1. The van der Waals surface area contributed by atoms with Crippen LogP contribution >= 0.6 is 12.6 Å². The predicted molar refractivity (Wildman–Crippen MR) is 69.2 cm³/mol. The van der Waals surface area contributed by atoms with Gasteiger partial charge in [-0.2, -0.15) is 0 Å². The van der Waals surface area contributed by atoms with E-state index in [-0.39, 0.29) is 10.8 Å². The first-order valence-electron chi connectivity index (χ1n) is 5.30. The van der Waals surface area contributed by atoms with Gasteiger partial charge < -0.3 is 9.80 Å². The van der Waals surface area contributed by atoms with Crippen LogP contribution in [0.25, 0.3) is 0 Å². The van der Waals surface area contributed by atoms with Gasteiger partial charge in [0.15, 0.2) is 0 Å². The fraction of sp³-hybridized carbons (Fsp3) is 0.417. The number of nitrogens with zero attached hydrogens (tertiary/aromatic N) is 2. The molecule has 0 saturated heterocycles. The number of hydrogen-bond donors (Lipinski definition) is 1. The van der Waals surface area contributed by atoms with Crippen molar-refractivity contribution in [2.24, 2.45) is 0 Å². The molecule has 0 radical (unpaired) electrons. The van der Waals surface area contributed by atoms with Crippen molar-refractivity contribution in [2.45, 2.75) is 4.90 Å². The molecule has 0 aliphatic carbocycles. The van der Waals surface area contributed by atoms with Gasteiger partial charge in [0.1, 0.15) is 5.82 Å². The minimum absolute atomic E-state index is 0.123. The van der Waals surface area contributed by atoms with E-state index in [1.807, 2.05) is 19.0 Å². The summed E-state index contributed by atoms with van der Waals surface area (Å²) in [5.41, 5.74) is 0.456. The second kappa shape index (κ2) is 6.02. The number of thiol groups is 1. The number of likely N-dealkylation sites (N-methyl/N-ethyl adjacent to an activating group) is 2. The van der Waals surface area contributed by atoms with E-state index >= 15 is 0 Å². The normalized spacial score (nSPS) is 10.7. The van der Waals surface area contributed by atoms with Gasteiger partial charge in [-0.1, -0.05) is 0 Å². The molecule has 0 fully saturated rings. The standard InChI is InChI=1S/C12H17FN2OS/c1-14(2)6-7-15(3)12(16)9-4-5-10(13)11(17)8-9/h4-5,8,17H,6-7H2,1-3H3. The molecule has 0 bridgehead atoms. The number of carbonyl (C=O) groups is 1. The minimum Gasteiger partial charge on any atom is -0.340 e. The first-order chi connectivity index (χ1) is 7.91. The van der Waals surface area contributed by atoms with Crippen molar-refractivity contribution in [1.29, 1.82) is 0 Å². The van der Waals surface area contributed by atoms with Crippen LogP contribution in [-0.4, -0.2) is 49.9 Å². The Labute approximate surface area is 107 Å². The molecule has 1 aromatic rings. The van der Waals surface area contributed by atoms with Gasteiger partial charge in [-0.05, 0) is 32.3 Å². The lowest BCUT2D eigenvalue weighted by Gasteiger charge is -2.19. The monoisotopic (exact) mass is 256 g/mol. The van der Waals surface area contributed by atoms with E-state index in [9.17, 15) is 9.18 Å². The molecule has 1 aromatic carbocycles. The Morgan fingerprint density at radius 3 is 2.47 bits per heavy atom. The highest BCUT2D eigenvalue weighted by Gasteiger charge is 2.12. The van der Waals surface area contributed by atoms with Crippen LogP contribution in [0, 0.1) is 5.82 Å².